The summed E-state index contributed by atoms with van der Waals surface area (Å²) >= 11 is 5.24. The summed E-state index contributed by atoms with van der Waals surface area (Å²) in [7, 11) is 0. The molecule has 0 radical (unpaired) electrons. The van der Waals surface area contributed by atoms with Crippen LogP contribution in [0.5, 0.6) is 0 Å². The molecular weight excluding hydrogens is 276 g/mol. The average molecular weight is 289 g/mol. The Morgan fingerprint density at radius 1 is 1.73 bits per heavy atom. The van der Waals surface area contributed by atoms with Gasteiger partial charge in [0.2, 0.25) is 5.91 Å². The van der Waals surface area contributed by atoms with Crippen LogP contribution in [-0.2, 0) is 4.79 Å². The van der Waals surface area contributed by atoms with Crippen LogP contribution in [0.3, 0.4) is 0 Å². The fourth-order valence-corrected chi connectivity index (χ4v) is 3.50. The highest BCUT2D eigenvalue weighted by Crippen LogP contribution is 2.29. The molecule has 0 spiro atoms. The second kappa shape index (κ2) is 4.63. The van der Waals surface area contributed by atoms with Crippen molar-refractivity contribution in [2.24, 2.45) is 0 Å². The van der Waals surface area contributed by atoms with Gasteiger partial charge < -0.3 is 10.6 Å². The SMILES string of the molecule is CC(NC1CNC(=O)C1)c1sccc1Br. The van der Waals surface area contributed by atoms with Gasteiger partial charge in [0, 0.05) is 34.4 Å². The summed E-state index contributed by atoms with van der Waals surface area (Å²) in [5.41, 5.74) is 0. The Morgan fingerprint density at radius 2 is 2.53 bits per heavy atom. The van der Waals surface area contributed by atoms with Crippen LogP contribution in [0.25, 0.3) is 0 Å². The summed E-state index contributed by atoms with van der Waals surface area (Å²) < 4.78 is 1.14. The molecule has 0 saturated carbocycles. The molecule has 2 rings (SSSR count). The van der Waals surface area contributed by atoms with Crippen molar-refractivity contribution in [3.63, 3.8) is 0 Å². The molecule has 2 heterocycles. The molecule has 0 aromatic carbocycles. The number of carbonyl (C=O) groups excluding carboxylic acids is 1. The van der Waals surface area contributed by atoms with Crippen molar-refractivity contribution in [2.45, 2.75) is 25.4 Å². The summed E-state index contributed by atoms with van der Waals surface area (Å²) in [6.07, 6.45) is 0.591. The van der Waals surface area contributed by atoms with Crippen molar-refractivity contribution >= 4 is 33.2 Å². The Bertz CT molecular complexity index is 366. The Hall–Kier alpha value is -0.390. The van der Waals surface area contributed by atoms with E-state index in [0.29, 0.717) is 6.42 Å². The molecule has 1 aliphatic heterocycles. The van der Waals surface area contributed by atoms with E-state index in [-0.39, 0.29) is 18.0 Å². The lowest BCUT2D eigenvalue weighted by atomic mass is 10.2. The summed E-state index contributed by atoms with van der Waals surface area (Å²) in [4.78, 5) is 12.3. The van der Waals surface area contributed by atoms with Crippen molar-refractivity contribution < 1.29 is 4.79 Å². The van der Waals surface area contributed by atoms with Gasteiger partial charge in [0.15, 0.2) is 0 Å². The molecule has 0 bridgehead atoms. The van der Waals surface area contributed by atoms with Gasteiger partial charge in [0.25, 0.3) is 0 Å². The minimum atomic E-state index is 0.143. The number of thiophene rings is 1. The third-order valence-electron chi connectivity index (χ3n) is 2.50. The van der Waals surface area contributed by atoms with Crippen LogP contribution in [0.4, 0.5) is 0 Å². The van der Waals surface area contributed by atoms with Gasteiger partial charge >= 0.3 is 0 Å². The average Bonchev–Trinajstić information content (AvgIpc) is 2.75. The third kappa shape index (κ3) is 2.59. The van der Waals surface area contributed by atoms with E-state index in [1.807, 2.05) is 0 Å². The minimum Gasteiger partial charge on any atom is -0.354 e. The normalized spacial score (nSPS) is 22.8. The quantitative estimate of drug-likeness (QED) is 0.894. The first-order valence-electron chi connectivity index (χ1n) is 4.92. The number of hydrogen-bond donors (Lipinski definition) is 2. The number of rotatable bonds is 3. The van der Waals surface area contributed by atoms with Gasteiger partial charge in [-0.3, -0.25) is 4.79 Å². The van der Waals surface area contributed by atoms with Crippen molar-refractivity contribution in [3.05, 3.63) is 20.8 Å². The maximum Gasteiger partial charge on any atom is 0.221 e. The molecule has 1 amide bonds. The maximum absolute atomic E-state index is 11.0. The van der Waals surface area contributed by atoms with E-state index in [1.54, 1.807) is 11.3 Å². The van der Waals surface area contributed by atoms with Gasteiger partial charge in [-0.15, -0.1) is 11.3 Å². The Morgan fingerprint density at radius 3 is 3.07 bits per heavy atom. The molecule has 2 atom stereocenters. The van der Waals surface area contributed by atoms with Crippen LogP contribution in [0.1, 0.15) is 24.3 Å². The zero-order valence-corrected chi connectivity index (χ0v) is 10.8. The Kier molecular flexibility index (Phi) is 3.43. The molecule has 5 heteroatoms. The van der Waals surface area contributed by atoms with Crippen molar-refractivity contribution in [3.8, 4) is 0 Å². The second-order valence-electron chi connectivity index (χ2n) is 3.73. The van der Waals surface area contributed by atoms with E-state index < -0.39 is 0 Å². The largest absolute Gasteiger partial charge is 0.354 e. The first-order valence-corrected chi connectivity index (χ1v) is 6.59. The van der Waals surface area contributed by atoms with E-state index in [4.69, 9.17) is 0 Å². The molecular formula is C10H13BrN2OS. The fourth-order valence-electron chi connectivity index (χ4n) is 1.77. The van der Waals surface area contributed by atoms with Gasteiger partial charge in [-0.2, -0.15) is 0 Å². The molecule has 1 aliphatic rings. The first-order chi connectivity index (χ1) is 7.16. The van der Waals surface area contributed by atoms with E-state index in [0.717, 1.165) is 11.0 Å². The Balaban J connectivity index is 1.95. The number of amides is 1. The number of nitrogens with one attached hydrogen (secondary N) is 2. The van der Waals surface area contributed by atoms with Crippen LogP contribution < -0.4 is 10.6 Å². The molecule has 1 saturated heterocycles. The van der Waals surface area contributed by atoms with Crippen molar-refractivity contribution in [1.29, 1.82) is 0 Å². The molecule has 1 fully saturated rings. The fraction of sp³-hybridized carbons (Fsp3) is 0.500. The lowest BCUT2D eigenvalue weighted by molar-refractivity contribution is -0.119. The van der Waals surface area contributed by atoms with Gasteiger partial charge in [-0.05, 0) is 34.3 Å². The number of hydrogen-bond acceptors (Lipinski definition) is 3. The lowest BCUT2D eigenvalue weighted by Crippen LogP contribution is -2.32. The predicted molar refractivity (Wildman–Crippen MR) is 65.0 cm³/mol. The molecule has 1 aromatic rings. The van der Waals surface area contributed by atoms with Gasteiger partial charge in [-0.1, -0.05) is 0 Å². The molecule has 82 valence electrons. The lowest BCUT2D eigenvalue weighted by Gasteiger charge is -2.17. The van der Waals surface area contributed by atoms with Crippen LogP contribution in [0.2, 0.25) is 0 Å². The monoisotopic (exact) mass is 288 g/mol. The van der Waals surface area contributed by atoms with Gasteiger partial charge in [0.1, 0.15) is 0 Å². The summed E-state index contributed by atoms with van der Waals surface area (Å²) in [5.74, 6) is 0.143. The maximum atomic E-state index is 11.0. The van der Waals surface area contributed by atoms with Gasteiger partial charge in [-0.25, -0.2) is 0 Å². The highest BCUT2D eigenvalue weighted by atomic mass is 79.9. The molecule has 15 heavy (non-hydrogen) atoms. The summed E-state index contributed by atoms with van der Waals surface area (Å²) in [6.45, 7) is 2.87. The molecule has 2 N–H and O–H groups in total. The van der Waals surface area contributed by atoms with E-state index in [9.17, 15) is 4.79 Å². The van der Waals surface area contributed by atoms with Crippen molar-refractivity contribution in [1.82, 2.24) is 10.6 Å². The molecule has 0 aliphatic carbocycles. The zero-order valence-electron chi connectivity index (χ0n) is 8.42. The van der Waals surface area contributed by atoms with Crippen LogP contribution >= 0.6 is 27.3 Å². The highest BCUT2D eigenvalue weighted by Gasteiger charge is 2.23. The smallest absolute Gasteiger partial charge is 0.221 e. The summed E-state index contributed by atoms with van der Waals surface area (Å²) in [5, 5.41) is 8.34. The topological polar surface area (TPSA) is 41.1 Å². The van der Waals surface area contributed by atoms with Crippen LogP contribution in [0, 0.1) is 0 Å². The minimum absolute atomic E-state index is 0.143. The number of halogens is 1. The van der Waals surface area contributed by atoms with E-state index >= 15 is 0 Å². The first kappa shape index (κ1) is 11.1. The van der Waals surface area contributed by atoms with Crippen molar-refractivity contribution in [2.75, 3.05) is 6.54 Å². The van der Waals surface area contributed by atoms with E-state index in [1.165, 1.54) is 4.88 Å². The summed E-state index contributed by atoms with van der Waals surface area (Å²) in [6, 6.07) is 2.61. The molecule has 3 nitrogen and oxygen atoms in total. The van der Waals surface area contributed by atoms with E-state index in [2.05, 4.69) is 44.9 Å². The van der Waals surface area contributed by atoms with Gasteiger partial charge in [0.05, 0.1) is 0 Å². The molecule has 2 unspecified atom stereocenters. The zero-order chi connectivity index (χ0) is 10.8. The highest BCUT2D eigenvalue weighted by molar-refractivity contribution is 9.10. The third-order valence-corrected chi connectivity index (χ3v) is 4.55. The standard InChI is InChI=1S/C10H13BrN2OS/c1-6(10-8(11)2-3-15-10)13-7-4-9(14)12-5-7/h2-3,6-7,13H,4-5H2,1H3,(H,12,14). The Labute approximate surface area is 101 Å². The predicted octanol–water partition coefficient (Wildman–Crippen LogP) is 2.05. The van der Waals surface area contributed by atoms with Crippen LogP contribution in [-0.4, -0.2) is 18.5 Å². The van der Waals surface area contributed by atoms with Crippen LogP contribution in [0.15, 0.2) is 15.9 Å². The number of carbonyl (C=O) groups is 1. The molecule has 1 aromatic heterocycles. The second-order valence-corrected chi connectivity index (χ2v) is 5.53.